The molecule has 2 N–H and O–H groups in total. The molecule has 3 spiro atoms. The second-order valence-electron chi connectivity index (χ2n) is 19.9. The van der Waals surface area contributed by atoms with Gasteiger partial charge in [0, 0.05) is 125 Å². The third-order valence-corrected chi connectivity index (χ3v) is 12.8. The van der Waals surface area contributed by atoms with Gasteiger partial charge in [0.15, 0.2) is 11.6 Å². The van der Waals surface area contributed by atoms with Crippen LogP contribution in [0.1, 0.15) is 62.3 Å². The Hall–Kier alpha value is -5.36. The number of non-ortho nitro benzene ring substituents is 2. The molecule has 64 heavy (non-hydrogen) atoms. The largest absolute Gasteiger partial charge is 0.444 e. The predicted molar refractivity (Wildman–Crippen MR) is 243 cm³/mol. The molecule has 0 aliphatic carbocycles. The Morgan fingerprint density at radius 3 is 1.23 bits per heavy atom. The molecule has 0 aromatic heterocycles. The van der Waals surface area contributed by atoms with Gasteiger partial charge in [-0.1, -0.05) is 13.8 Å². The van der Waals surface area contributed by atoms with Crippen molar-refractivity contribution in [3.05, 3.63) is 92.3 Å². The molecule has 9 rings (SSSR count). The number of nitrogen functional groups attached to an aromatic ring is 1. The summed E-state index contributed by atoms with van der Waals surface area (Å²) >= 11 is 0. The lowest BCUT2D eigenvalue weighted by Crippen LogP contribution is -2.73. The zero-order chi connectivity index (χ0) is 47.1. The number of carbonyl (C=O) groups is 1. The van der Waals surface area contributed by atoms with E-state index in [1.54, 1.807) is 17.0 Å². The number of benzene rings is 3. The number of hydrogen-bond acceptors (Lipinski definition) is 12. The quantitative estimate of drug-likeness (QED) is 0.139. The zero-order valence-electron chi connectivity index (χ0n) is 38.6. The molecule has 6 aliphatic heterocycles. The van der Waals surface area contributed by atoms with Crippen LogP contribution in [0.3, 0.4) is 0 Å². The van der Waals surface area contributed by atoms with Crippen LogP contribution in [0.2, 0.25) is 0 Å². The van der Waals surface area contributed by atoms with E-state index in [0.717, 1.165) is 64.5 Å². The number of likely N-dealkylation sites (tertiary alicyclic amines) is 3. The minimum absolute atomic E-state index is 0.0227. The first-order valence-electron chi connectivity index (χ1n) is 22.1. The molecule has 6 saturated heterocycles. The fourth-order valence-electron chi connectivity index (χ4n) is 9.49. The van der Waals surface area contributed by atoms with E-state index >= 15 is 0 Å². The number of nitro benzene ring substituents is 2. The lowest BCUT2D eigenvalue weighted by molar-refractivity contribution is -0.385. The summed E-state index contributed by atoms with van der Waals surface area (Å²) < 4.78 is 47.0. The predicted octanol–water partition coefficient (Wildman–Crippen LogP) is 8.02. The molecule has 6 fully saturated rings. The van der Waals surface area contributed by atoms with E-state index in [4.69, 9.17) is 10.5 Å². The Morgan fingerprint density at radius 1 is 0.609 bits per heavy atom. The third-order valence-electron chi connectivity index (χ3n) is 12.8. The van der Waals surface area contributed by atoms with E-state index in [9.17, 15) is 38.2 Å². The van der Waals surface area contributed by atoms with E-state index < -0.39 is 27.1 Å². The molecule has 18 heteroatoms. The Balaban J connectivity index is 0.000000158. The number of nitrogens with two attached hydrogens (primary N) is 1. The molecule has 0 saturated carbocycles. The summed E-state index contributed by atoms with van der Waals surface area (Å²) in [7, 11) is 0. The number of amides is 1. The van der Waals surface area contributed by atoms with Crippen LogP contribution in [0.15, 0.2) is 54.6 Å². The number of nitrogens with zero attached hydrogens (tertiary/aromatic N) is 8. The van der Waals surface area contributed by atoms with Gasteiger partial charge in [0.1, 0.15) is 11.4 Å². The summed E-state index contributed by atoms with van der Waals surface area (Å²) in [5, 5.41) is 21.2. The Labute approximate surface area is 374 Å². The lowest BCUT2D eigenvalue weighted by atomic mass is 9.72. The first kappa shape index (κ1) is 48.1. The molecule has 6 heterocycles. The van der Waals surface area contributed by atoms with Gasteiger partial charge in [-0.2, -0.15) is 0 Å². The maximum Gasteiger partial charge on any atom is 0.410 e. The van der Waals surface area contributed by atoms with Gasteiger partial charge in [-0.3, -0.25) is 30.0 Å². The minimum Gasteiger partial charge on any atom is -0.444 e. The van der Waals surface area contributed by atoms with Crippen LogP contribution in [0.5, 0.6) is 0 Å². The monoisotopic (exact) mass is 895 g/mol. The molecule has 3 aromatic rings. The van der Waals surface area contributed by atoms with Crippen molar-refractivity contribution in [2.75, 3.05) is 99.0 Å². The first-order valence-corrected chi connectivity index (χ1v) is 22.1. The Kier molecular flexibility index (Phi) is 13.7. The molecule has 0 radical (unpaired) electrons. The maximum absolute atomic E-state index is 14.0. The second-order valence-corrected chi connectivity index (χ2v) is 19.9. The summed E-state index contributed by atoms with van der Waals surface area (Å²) in [6.45, 7) is 28.8. The average molecular weight is 896 g/mol. The highest BCUT2D eigenvalue weighted by molar-refractivity contribution is 5.70. The molecular weight excluding hydrogens is 832 g/mol. The van der Waals surface area contributed by atoms with Crippen molar-refractivity contribution in [2.24, 2.45) is 16.2 Å². The van der Waals surface area contributed by atoms with E-state index in [1.807, 2.05) is 44.4 Å². The van der Waals surface area contributed by atoms with Crippen LogP contribution in [0.4, 0.5) is 52.1 Å². The van der Waals surface area contributed by atoms with Crippen LogP contribution in [0.25, 0.3) is 0 Å². The number of rotatable bonds is 7. The third kappa shape index (κ3) is 10.3. The highest BCUT2D eigenvalue weighted by atomic mass is 19.1. The minimum atomic E-state index is -0.616. The van der Waals surface area contributed by atoms with Gasteiger partial charge >= 0.3 is 6.09 Å². The molecule has 15 nitrogen and oxygen atoms in total. The lowest BCUT2D eigenvalue weighted by Gasteiger charge is -2.62. The molecular formula is C46H64F3N9O6. The first-order chi connectivity index (χ1) is 30.0. The topological polar surface area (TPSA) is 158 Å². The fraction of sp³-hybridized carbons (Fsp3) is 0.587. The number of nitro groups is 2. The van der Waals surface area contributed by atoms with Crippen LogP contribution < -0.4 is 20.4 Å². The van der Waals surface area contributed by atoms with E-state index in [-0.39, 0.29) is 28.7 Å². The van der Waals surface area contributed by atoms with Crippen molar-refractivity contribution < 1.29 is 32.5 Å². The number of hydrogen-bond donors (Lipinski definition) is 1. The van der Waals surface area contributed by atoms with Crippen LogP contribution in [-0.4, -0.2) is 127 Å². The van der Waals surface area contributed by atoms with Crippen molar-refractivity contribution >= 4 is 40.2 Å². The van der Waals surface area contributed by atoms with Crippen molar-refractivity contribution in [2.45, 2.75) is 80.0 Å². The van der Waals surface area contributed by atoms with Crippen molar-refractivity contribution in [1.29, 1.82) is 0 Å². The molecule has 0 unspecified atom stereocenters. The Morgan fingerprint density at radius 2 is 0.938 bits per heavy atom. The van der Waals surface area contributed by atoms with Crippen LogP contribution in [-0.2, 0) is 4.74 Å². The van der Waals surface area contributed by atoms with Crippen LogP contribution >= 0.6 is 0 Å². The molecule has 6 aliphatic rings. The second kappa shape index (κ2) is 18.3. The number of anilines is 4. The fourth-order valence-corrected chi connectivity index (χ4v) is 9.49. The smallest absolute Gasteiger partial charge is 0.410 e. The number of carbonyl (C=O) groups excluding carboxylic acids is 1. The van der Waals surface area contributed by atoms with Gasteiger partial charge in [-0.05, 0) is 78.8 Å². The van der Waals surface area contributed by atoms with E-state index in [1.165, 1.54) is 30.3 Å². The SMILES string of the molecule is CC.CC(C)(C)OC(=O)N1CC2(C1)CN(c1ccc([N+](=O)[O-])cc1F)C2.CC(C)N1CC2(CN(c3ccc(N)cc3F)C2)C1.CC(C)N1CC2(CN(c3ccc([N+](=O)[O-])cc3F)C2)C1. The molecule has 1 amide bonds. The molecule has 3 aromatic carbocycles. The number of halogens is 3. The van der Waals surface area contributed by atoms with Gasteiger partial charge in [-0.15, -0.1) is 0 Å². The van der Waals surface area contributed by atoms with E-state index in [2.05, 4.69) is 42.4 Å². The average Bonchev–Trinajstić information content (AvgIpc) is 3.10. The van der Waals surface area contributed by atoms with Crippen LogP contribution in [0, 0.1) is 53.9 Å². The van der Waals surface area contributed by atoms with Crippen molar-refractivity contribution in [1.82, 2.24) is 14.7 Å². The highest BCUT2D eigenvalue weighted by Crippen LogP contribution is 2.46. The molecule has 0 atom stereocenters. The zero-order valence-corrected chi connectivity index (χ0v) is 38.6. The number of ether oxygens (including phenoxy) is 1. The van der Waals surface area contributed by atoms with Crippen molar-refractivity contribution in [3.8, 4) is 0 Å². The van der Waals surface area contributed by atoms with Gasteiger partial charge in [-0.25, -0.2) is 18.0 Å². The van der Waals surface area contributed by atoms with Gasteiger partial charge in [0.2, 0.25) is 0 Å². The maximum atomic E-state index is 14.0. The van der Waals surface area contributed by atoms with Gasteiger partial charge < -0.3 is 30.1 Å². The summed E-state index contributed by atoms with van der Waals surface area (Å²) in [6.07, 6.45) is -0.326. The molecule has 350 valence electrons. The summed E-state index contributed by atoms with van der Waals surface area (Å²) in [4.78, 5) is 44.4. The van der Waals surface area contributed by atoms with Gasteiger partial charge in [0.25, 0.3) is 11.4 Å². The molecule has 0 bridgehead atoms. The summed E-state index contributed by atoms with van der Waals surface area (Å²) in [6, 6.07) is 13.7. The normalized spacial score (nSPS) is 19.9. The van der Waals surface area contributed by atoms with Gasteiger partial charge in [0.05, 0.1) is 39.0 Å². The summed E-state index contributed by atoms with van der Waals surface area (Å²) in [5.74, 6) is -1.30. The highest BCUT2D eigenvalue weighted by Gasteiger charge is 2.55. The van der Waals surface area contributed by atoms with E-state index in [0.29, 0.717) is 71.8 Å². The van der Waals surface area contributed by atoms with Crippen molar-refractivity contribution in [3.63, 3.8) is 0 Å². The summed E-state index contributed by atoms with van der Waals surface area (Å²) in [5.41, 5.74) is 7.30. The Bertz CT molecular complexity index is 2180. The standard InChI is InChI=1S/C16H20FN3O4.C14H18FN3O2.C14H20FN3.C2H6/c1-15(2,3)24-14(21)19-9-16(10-19)7-18(8-16)13-5-4-11(20(22)23)6-12(13)17;1-10(2)16-6-14(7-16)8-17(9-14)13-4-3-11(18(19)20)5-12(13)15;1-10(2)17-6-14(7-17)8-18(9-14)13-4-3-11(16)5-12(13)15;1-2/h4-6H,7-10H2,1-3H3;3-5,10H,6-9H2,1-2H3;3-5,10H,6-9,16H2,1-2H3;1-2H3.